The van der Waals surface area contributed by atoms with Gasteiger partial charge in [0.25, 0.3) is 5.91 Å². The summed E-state index contributed by atoms with van der Waals surface area (Å²) in [6, 6.07) is 12.5. The molecule has 1 fully saturated rings. The van der Waals surface area contributed by atoms with Gasteiger partial charge in [0, 0.05) is 24.8 Å². The molecule has 0 radical (unpaired) electrons. The van der Waals surface area contributed by atoms with Gasteiger partial charge in [-0.3, -0.25) is 4.79 Å². The Morgan fingerprint density at radius 1 is 1.22 bits per heavy atom. The van der Waals surface area contributed by atoms with Crippen LogP contribution in [0.3, 0.4) is 0 Å². The SMILES string of the molecule is N[C@@H]1CCC[C@@H](NC(=O)c2cnc3c(c2)ncn3CCc2ccccc2)C1. The normalized spacial score (nSPS) is 19.9. The van der Waals surface area contributed by atoms with Crippen molar-refractivity contribution in [2.24, 2.45) is 5.73 Å². The molecule has 2 atom stereocenters. The Kier molecular flexibility index (Phi) is 5.16. The Balaban J connectivity index is 1.44. The summed E-state index contributed by atoms with van der Waals surface area (Å²) in [7, 11) is 0. The molecule has 1 saturated carbocycles. The highest BCUT2D eigenvalue weighted by Crippen LogP contribution is 2.18. The molecule has 2 heterocycles. The summed E-state index contributed by atoms with van der Waals surface area (Å²) in [6.45, 7) is 0.805. The van der Waals surface area contributed by atoms with Gasteiger partial charge in [0.1, 0.15) is 5.52 Å². The maximum Gasteiger partial charge on any atom is 0.253 e. The summed E-state index contributed by atoms with van der Waals surface area (Å²) >= 11 is 0. The number of amides is 1. The van der Waals surface area contributed by atoms with E-state index in [0.717, 1.165) is 49.8 Å². The largest absolute Gasteiger partial charge is 0.349 e. The topological polar surface area (TPSA) is 85.8 Å². The van der Waals surface area contributed by atoms with Gasteiger partial charge in [-0.25, -0.2) is 9.97 Å². The van der Waals surface area contributed by atoms with Crippen LogP contribution in [-0.2, 0) is 13.0 Å². The van der Waals surface area contributed by atoms with E-state index in [1.807, 2.05) is 28.8 Å². The number of nitrogens with two attached hydrogens (primary N) is 1. The molecule has 0 spiro atoms. The quantitative estimate of drug-likeness (QED) is 0.730. The molecule has 1 aliphatic carbocycles. The van der Waals surface area contributed by atoms with Crippen LogP contribution in [0, 0.1) is 0 Å². The fraction of sp³-hybridized carbons (Fsp3) is 0.381. The summed E-state index contributed by atoms with van der Waals surface area (Å²) in [6.07, 6.45) is 8.29. The van der Waals surface area contributed by atoms with Crippen LogP contribution in [0.2, 0.25) is 0 Å². The second-order valence-corrected chi connectivity index (χ2v) is 7.34. The lowest BCUT2D eigenvalue weighted by Crippen LogP contribution is -2.42. The first-order valence-corrected chi connectivity index (χ1v) is 9.60. The molecule has 1 amide bonds. The number of aryl methyl sites for hydroxylation is 2. The molecule has 6 heteroatoms. The van der Waals surface area contributed by atoms with Gasteiger partial charge in [-0.15, -0.1) is 0 Å². The first kappa shape index (κ1) is 17.7. The highest BCUT2D eigenvalue weighted by Gasteiger charge is 2.21. The third-order valence-electron chi connectivity index (χ3n) is 5.25. The predicted molar refractivity (Wildman–Crippen MR) is 105 cm³/mol. The number of aromatic nitrogens is 3. The van der Waals surface area contributed by atoms with Crippen molar-refractivity contribution in [1.82, 2.24) is 19.9 Å². The number of nitrogens with one attached hydrogen (secondary N) is 1. The van der Waals surface area contributed by atoms with E-state index >= 15 is 0 Å². The highest BCUT2D eigenvalue weighted by molar-refractivity contribution is 5.96. The zero-order valence-electron chi connectivity index (χ0n) is 15.3. The molecule has 0 aliphatic heterocycles. The van der Waals surface area contributed by atoms with Crippen molar-refractivity contribution >= 4 is 17.1 Å². The summed E-state index contributed by atoms with van der Waals surface area (Å²) in [5.74, 6) is -0.0951. The standard InChI is InChI=1S/C21H25N5O/c22-17-7-4-8-18(12-17)25-21(27)16-11-19-20(23-13-16)26(14-24-19)10-9-15-5-2-1-3-6-15/h1-3,5-6,11,13-14,17-18H,4,7-10,12,22H2,(H,25,27)/t17-,18-/m1/s1. The van der Waals surface area contributed by atoms with Crippen LogP contribution in [0.4, 0.5) is 0 Å². The smallest absolute Gasteiger partial charge is 0.253 e. The maximum atomic E-state index is 12.6. The number of rotatable bonds is 5. The van der Waals surface area contributed by atoms with Crippen molar-refractivity contribution in [3.63, 3.8) is 0 Å². The van der Waals surface area contributed by atoms with E-state index < -0.39 is 0 Å². The maximum absolute atomic E-state index is 12.6. The predicted octanol–water partition coefficient (Wildman–Crippen LogP) is 2.67. The van der Waals surface area contributed by atoms with Crippen LogP contribution in [0.1, 0.15) is 41.6 Å². The van der Waals surface area contributed by atoms with Crippen molar-refractivity contribution in [1.29, 1.82) is 0 Å². The second-order valence-electron chi connectivity index (χ2n) is 7.34. The number of nitrogens with zero attached hydrogens (tertiary/aromatic N) is 3. The van der Waals surface area contributed by atoms with E-state index in [2.05, 4.69) is 27.4 Å². The zero-order chi connectivity index (χ0) is 18.6. The van der Waals surface area contributed by atoms with Crippen molar-refractivity contribution in [2.45, 2.75) is 50.7 Å². The molecule has 0 saturated heterocycles. The first-order valence-electron chi connectivity index (χ1n) is 9.60. The van der Waals surface area contributed by atoms with Gasteiger partial charge in [0.05, 0.1) is 11.9 Å². The number of pyridine rings is 1. The van der Waals surface area contributed by atoms with Crippen LogP contribution in [0.25, 0.3) is 11.2 Å². The van der Waals surface area contributed by atoms with Crippen LogP contribution in [0.5, 0.6) is 0 Å². The molecule has 6 nitrogen and oxygen atoms in total. The van der Waals surface area contributed by atoms with Crippen molar-refractivity contribution in [3.8, 4) is 0 Å². The van der Waals surface area contributed by atoms with Crippen molar-refractivity contribution < 1.29 is 4.79 Å². The highest BCUT2D eigenvalue weighted by atomic mass is 16.1. The molecule has 0 unspecified atom stereocenters. The molecule has 0 bridgehead atoms. The molecular formula is C21H25N5O. The molecule has 4 rings (SSSR count). The van der Waals surface area contributed by atoms with Crippen molar-refractivity contribution in [3.05, 3.63) is 60.0 Å². The van der Waals surface area contributed by atoms with E-state index in [1.165, 1.54) is 5.56 Å². The van der Waals surface area contributed by atoms with Gasteiger partial charge in [-0.1, -0.05) is 30.3 Å². The molecule has 140 valence electrons. The van der Waals surface area contributed by atoms with Gasteiger partial charge in [0.15, 0.2) is 5.65 Å². The molecule has 27 heavy (non-hydrogen) atoms. The van der Waals surface area contributed by atoms with Gasteiger partial charge < -0.3 is 15.6 Å². The Bertz CT molecular complexity index is 921. The van der Waals surface area contributed by atoms with E-state index in [0.29, 0.717) is 5.56 Å². The second kappa shape index (κ2) is 7.88. The minimum atomic E-state index is -0.0951. The summed E-state index contributed by atoms with van der Waals surface area (Å²) in [5, 5.41) is 3.09. The molecule has 1 aromatic carbocycles. The van der Waals surface area contributed by atoms with Gasteiger partial charge in [0.2, 0.25) is 0 Å². The average molecular weight is 363 g/mol. The number of benzene rings is 1. The third kappa shape index (κ3) is 4.17. The summed E-state index contributed by atoms with van der Waals surface area (Å²) in [5.41, 5.74) is 9.39. The van der Waals surface area contributed by atoms with Crippen LogP contribution in [-0.4, -0.2) is 32.5 Å². The number of hydrogen-bond donors (Lipinski definition) is 2. The summed E-state index contributed by atoms with van der Waals surface area (Å²) < 4.78 is 2.03. The molecule has 2 aromatic heterocycles. The third-order valence-corrected chi connectivity index (χ3v) is 5.25. The molecule has 3 aromatic rings. The minimum absolute atomic E-state index is 0.0951. The number of hydrogen-bond acceptors (Lipinski definition) is 4. The molecule has 3 N–H and O–H groups in total. The number of fused-ring (bicyclic) bond motifs is 1. The van der Waals surface area contributed by atoms with E-state index in [-0.39, 0.29) is 18.0 Å². The lowest BCUT2D eigenvalue weighted by molar-refractivity contribution is 0.0925. The lowest BCUT2D eigenvalue weighted by Gasteiger charge is -2.27. The first-order chi connectivity index (χ1) is 13.2. The number of imidazole rings is 1. The van der Waals surface area contributed by atoms with Gasteiger partial charge in [-0.05, 0) is 43.7 Å². The Morgan fingerprint density at radius 2 is 2.07 bits per heavy atom. The van der Waals surface area contributed by atoms with Gasteiger partial charge >= 0.3 is 0 Å². The Labute approximate surface area is 158 Å². The van der Waals surface area contributed by atoms with Crippen LogP contribution >= 0.6 is 0 Å². The van der Waals surface area contributed by atoms with E-state index in [1.54, 1.807) is 12.5 Å². The Hall–Kier alpha value is -2.73. The van der Waals surface area contributed by atoms with Crippen LogP contribution < -0.4 is 11.1 Å². The fourth-order valence-electron chi connectivity index (χ4n) is 3.76. The van der Waals surface area contributed by atoms with Crippen LogP contribution in [0.15, 0.2) is 48.9 Å². The fourth-order valence-corrected chi connectivity index (χ4v) is 3.76. The zero-order valence-corrected chi connectivity index (χ0v) is 15.3. The average Bonchev–Trinajstić information content (AvgIpc) is 3.09. The minimum Gasteiger partial charge on any atom is -0.349 e. The van der Waals surface area contributed by atoms with E-state index in [9.17, 15) is 4.79 Å². The monoisotopic (exact) mass is 363 g/mol. The number of carbonyl (C=O) groups is 1. The molecular weight excluding hydrogens is 338 g/mol. The summed E-state index contributed by atoms with van der Waals surface area (Å²) in [4.78, 5) is 21.5. The molecule has 1 aliphatic rings. The number of carbonyl (C=O) groups excluding carboxylic acids is 1. The van der Waals surface area contributed by atoms with E-state index in [4.69, 9.17) is 5.73 Å². The lowest BCUT2D eigenvalue weighted by atomic mass is 9.91. The van der Waals surface area contributed by atoms with Crippen molar-refractivity contribution in [2.75, 3.05) is 0 Å². The van der Waals surface area contributed by atoms with Gasteiger partial charge in [-0.2, -0.15) is 0 Å². The Morgan fingerprint density at radius 3 is 2.89 bits per heavy atom.